The van der Waals surface area contributed by atoms with Crippen molar-refractivity contribution in [1.29, 1.82) is 0 Å². The highest BCUT2D eigenvalue weighted by Gasteiger charge is 1.96. The van der Waals surface area contributed by atoms with Gasteiger partial charge in [0, 0.05) is 0 Å². The molecule has 0 saturated heterocycles. The zero-order valence-electron chi connectivity index (χ0n) is 24.8. The van der Waals surface area contributed by atoms with Crippen molar-refractivity contribution in [2.75, 3.05) is 0 Å². The molecule has 0 saturated carbocycles. The van der Waals surface area contributed by atoms with E-state index in [0.717, 1.165) is 0 Å². The van der Waals surface area contributed by atoms with E-state index in [2.05, 4.69) is 38.2 Å². The summed E-state index contributed by atoms with van der Waals surface area (Å²) < 4.78 is 0. The molecule has 35 heavy (non-hydrogen) atoms. The Morgan fingerprint density at radius 3 is 0.514 bits per heavy atom. The molecular formula is C35H68. The Morgan fingerprint density at radius 2 is 0.371 bits per heavy atom. The number of hydrogen-bond acceptors (Lipinski definition) is 0. The van der Waals surface area contributed by atoms with E-state index in [1.54, 1.807) is 0 Å². The van der Waals surface area contributed by atoms with Crippen LogP contribution in [0.5, 0.6) is 0 Å². The second kappa shape index (κ2) is 33.5. The van der Waals surface area contributed by atoms with Gasteiger partial charge in [0.1, 0.15) is 0 Å². The zero-order chi connectivity index (χ0) is 25.3. The Bertz CT molecular complexity index is 366. The van der Waals surface area contributed by atoms with E-state index in [1.165, 1.54) is 186 Å². The maximum Gasteiger partial charge on any atom is -0.0351 e. The Balaban J connectivity index is 3.02. The Morgan fingerprint density at radius 1 is 0.229 bits per heavy atom. The van der Waals surface area contributed by atoms with E-state index in [1.807, 2.05) is 0 Å². The quantitative estimate of drug-likeness (QED) is 0.0696. The maximum absolute atomic E-state index is 2.31. The predicted molar refractivity (Wildman–Crippen MR) is 164 cm³/mol. The third-order valence-electron chi connectivity index (χ3n) is 7.71. The van der Waals surface area contributed by atoms with Gasteiger partial charge in [-0.05, 0) is 39.5 Å². The lowest BCUT2D eigenvalue weighted by molar-refractivity contribution is 0.514. The molecule has 0 bridgehead atoms. The molecule has 0 heteroatoms. The van der Waals surface area contributed by atoms with Gasteiger partial charge in [-0.25, -0.2) is 0 Å². The standard InChI is InChI=1S/C35H68/c1-3-5-7-9-11-13-15-17-19-21-23-25-27-29-31-33-35-34-32-30-28-26-24-22-20-18-16-14-12-10-8-6-4-2/h3-6H,7-35H2,1-2H3. The average Bonchev–Trinajstić information content (AvgIpc) is 2.87. The third-order valence-corrected chi connectivity index (χ3v) is 7.71. The SMILES string of the molecule is CC=CCCCCCCCCCCCCCCCCCCCCCCCCCCCCCC=CC. The van der Waals surface area contributed by atoms with Crippen LogP contribution in [0.3, 0.4) is 0 Å². The van der Waals surface area contributed by atoms with Crippen LogP contribution >= 0.6 is 0 Å². The van der Waals surface area contributed by atoms with Gasteiger partial charge >= 0.3 is 0 Å². The van der Waals surface area contributed by atoms with Gasteiger partial charge < -0.3 is 0 Å². The molecule has 0 nitrogen and oxygen atoms in total. The van der Waals surface area contributed by atoms with Gasteiger partial charge in [-0.3, -0.25) is 0 Å². The van der Waals surface area contributed by atoms with E-state index in [-0.39, 0.29) is 0 Å². The number of unbranched alkanes of at least 4 members (excludes halogenated alkanes) is 28. The molecule has 0 aliphatic rings. The summed E-state index contributed by atoms with van der Waals surface area (Å²) in [6.07, 6.45) is 51.2. The predicted octanol–water partition coefficient (Wildman–Crippen LogP) is 13.5. The maximum atomic E-state index is 2.31. The monoisotopic (exact) mass is 489 g/mol. The fraction of sp³-hybridized carbons (Fsp3) is 0.886. The molecule has 0 rings (SSSR count). The van der Waals surface area contributed by atoms with Crippen LogP contribution in [0.4, 0.5) is 0 Å². The van der Waals surface area contributed by atoms with Crippen LogP contribution < -0.4 is 0 Å². The van der Waals surface area contributed by atoms with Crippen molar-refractivity contribution in [1.82, 2.24) is 0 Å². The minimum atomic E-state index is 1.29. The first-order valence-electron chi connectivity index (χ1n) is 16.6. The van der Waals surface area contributed by atoms with E-state index >= 15 is 0 Å². The summed E-state index contributed by atoms with van der Waals surface area (Å²) in [7, 11) is 0. The molecule has 208 valence electrons. The smallest absolute Gasteiger partial charge is 0.0351 e. The summed E-state index contributed by atoms with van der Waals surface area (Å²) in [4.78, 5) is 0. The number of rotatable bonds is 30. The number of allylic oxidation sites excluding steroid dienone is 4. The molecule has 0 aliphatic carbocycles. The molecular weight excluding hydrogens is 420 g/mol. The van der Waals surface area contributed by atoms with Gasteiger partial charge in [0.15, 0.2) is 0 Å². The summed E-state index contributed by atoms with van der Waals surface area (Å²) in [5.74, 6) is 0. The zero-order valence-corrected chi connectivity index (χ0v) is 24.8. The summed E-state index contributed by atoms with van der Waals surface area (Å²) in [5, 5.41) is 0. The molecule has 0 heterocycles. The molecule has 0 fully saturated rings. The molecule has 0 aromatic carbocycles. The third kappa shape index (κ3) is 33.5. The summed E-state index contributed by atoms with van der Waals surface area (Å²) in [6, 6.07) is 0. The van der Waals surface area contributed by atoms with Crippen LogP contribution in [-0.4, -0.2) is 0 Å². The number of hydrogen-bond donors (Lipinski definition) is 0. The largest absolute Gasteiger partial charge is 0.0917 e. The molecule has 0 N–H and O–H groups in total. The van der Waals surface area contributed by atoms with Crippen molar-refractivity contribution >= 4 is 0 Å². The van der Waals surface area contributed by atoms with Crippen LogP contribution in [-0.2, 0) is 0 Å². The van der Waals surface area contributed by atoms with Crippen LogP contribution in [0.25, 0.3) is 0 Å². The lowest BCUT2D eigenvalue weighted by Crippen LogP contribution is -1.85. The van der Waals surface area contributed by atoms with Crippen LogP contribution in [0.1, 0.15) is 200 Å². The van der Waals surface area contributed by atoms with Crippen LogP contribution in [0.15, 0.2) is 24.3 Å². The van der Waals surface area contributed by atoms with Gasteiger partial charge in [-0.15, -0.1) is 0 Å². The minimum Gasteiger partial charge on any atom is -0.0917 e. The fourth-order valence-electron chi connectivity index (χ4n) is 5.28. The van der Waals surface area contributed by atoms with Gasteiger partial charge in [0.05, 0.1) is 0 Å². The Kier molecular flexibility index (Phi) is 33.0. The summed E-state index contributed by atoms with van der Waals surface area (Å²) >= 11 is 0. The first-order chi connectivity index (χ1) is 17.4. The highest BCUT2D eigenvalue weighted by molar-refractivity contribution is 4.76. The van der Waals surface area contributed by atoms with Crippen molar-refractivity contribution < 1.29 is 0 Å². The van der Waals surface area contributed by atoms with Gasteiger partial charge in [-0.2, -0.15) is 0 Å². The Hall–Kier alpha value is -0.520. The van der Waals surface area contributed by atoms with E-state index in [4.69, 9.17) is 0 Å². The lowest BCUT2D eigenvalue weighted by Gasteiger charge is -2.04. The van der Waals surface area contributed by atoms with Crippen LogP contribution in [0.2, 0.25) is 0 Å². The van der Waals surface area contributed by atoms with Crippen molar-refractivity contribution in [2.45, 2.75) is 200 Å². The second-order valence-electron chi connectivity index (χ2n) is 11.3. The molecule has 0 aromatic heterocycles. The topological polar surface area (TPSA) is 0 Å². The van der Waals surface area contributed by atoms with Gasteiger partial charge in [0.2, 0.25) is 0 Å². The molecule has 0 aliphatic heterocycles. The first-order valence-corrected chi connectivity index (χ1v) is 16.6. The van der Waals surface area contributed by atoms with Gasteiger partial charge in [0.25, 0.3) is 0 Å². The lowest BCUT2D eigenvalue weighted by atomic mass is 10.0. The fourth-order valence-corrected chi connectivity index (χ4v) is 5.28. The molecule has 0 spiro atoms. The van der Waals surface area contributed by atoms with Crippen molar-refractivity contribution in [3.63, 3.8) is 0 Å². The summed E-state index contributed by atoms with van der Waals surface area (Å²) in [5.41, 5.74) is 0. The molecule has 0 radical (unpaired) electrons. The first kappa shape index (κ1) is 34.5. The highest BCUT2D eigenvalue weighted by atomic mass is 14.0. The van der Waals surface area contributed by atoms with Gasteiger partial charge in [-0.1, -0.05) is 185 Å². The molecule has 0 aromatic rings. The Labute approximate surface area is 224 Å². The van der Waals surface area contributed by atoms with E-state index in [9.17, 15) is 0 Å². The highest BCUT2D eigenvalue weighted by Crippen LogP contribution is 2.16. The van der Waals surface area contributed by atoms with E-state index in [0.29, 0.717) is 0 Å². The minimum absolute atomic E-state index is 1.29. The molecule has 0 atom stereocenters. The van der Waals surface area contributed by atoms with Crippen molar-refractivity contribution in [3.05, 3.63) is 24.3 Å². The second-order valence-corrected chi connectivity index (χ2v) is 11.3. The van der Waals surface area contributed by atoms with E-state index < -0.39 is 0 Å². The average molecular weight is 489 g/mol. The molecule has 0 amide bonds. The van der Waals surface area contributed by atoms with Crippen molar-refractivity contribution in [3.8, 4) is 0 Å². The van der Waals surface area contributed by atoms with Crippen molar-refractivity contribution in [2.24, 2.45) is 0 Å². The molecule has 0 unspecified atom stereocenters. The van der Waals surface area contributed by atoms with Crippen LogP contribution in [0, 0.1) is 0 Å². The normalized spacial score (nSPS) is 11.9. The summed E-state index contributed by atoms with van der Waals surface area (Å²) in [6.45, 7) is 4.25.